The largest absolute Gasteiger partial charge is 0.477 e. The molecule has 0 radical (unpaired) electrons. The summed E-state index contributed by atoms with van der Waals surface area (Å²) in [5.41, 5.74) is 1.55. The first-order valence-corrected chi connectivity index (χ1v) is 5.77. The van der Waals surface area contributed by atoms with Gasteiger partial charge in [-0.15, -0.1) is 0 Å². The number of pyridine rings is 1. The first-order valence-electron chi connectivity index (χ1n) is 5.77. The molecular weight excluding hydrogens is 247 g/mol. The van der Waals surface area contributed by atoms with Gasteiger partial charge in [0.05, 0.1) is 0 Å². The molecule has 1 aromatic heterocycles. The van der Waals surface area contributed by atoms with Crippen LogP contribution in [0.1, 0.15) is 29.0 Å². The summed E-state index contributed by atoms with van der Waals surface area (Å²) in [5, 5.41) is 12.0. The molecule has 0 bridgehead atoms. The highest BCUT2D eigenvalue weighted by Crippen LogP contribution is 2.19. The molecule has 2 aromatic rings. The van der Waals surface area contributed by atoms with Gasteiger partial charge in [-0.25, -0.2) is 14.2 Å². The number of hydrogen-bond donors (Lipinski definition) is 2. The van der Waals surface area contributed by atoms with Crippen molar-refractivity contribution in [2.45, 2.75) is 13.0 Å². The number of hydrogen-bond acceptors (Lipinski definition) is 3. The van der Waals surface area contributed by atoms with Crippen LogP contribution < -0.4 is 5.32 Å². The zero-order valence-electron chi connectivity index (χ0n) is 10.3. The molecule has 0 saturated carbocycles. The Hall–Kier alpha value is -2.43. The van der Waals surface area contributed by atoms with Gasteiger partial charge in [-0.3, -0.25) is 0 Å². The molecule has 0 aliphatic heterocycles. The SMILES string of the molecule is CC(Nc1ccnc(C(=O)O)c1)c1ccc(F)cc1. The number of nitrogens with one attached hydrogen (secondary N) is 1. The monoisotopic (exact) mass is 260 g/mol. The van der Waals surface area contributed by atoms with Crippen LogP contribution in [0.25, 0.3) is 0 Å². The van der Waals surface area contributed by atoms with Gasteiger partial charge in [0.1, 0.15) is 11.5 Å². The van der Waals surface area contributed by atoms with Crippen LogP contribution in [0, 0.1) is 5.82 Å². The zero-order valence-corrected chi connectivity index (χ0v) is 10.3. The fourth-order valence-electron chi connectivity index (χ4n) is 1.72. The fourth-order valence-corrected chi connectivity index (χ4v) is 1.72. The first-order chi connectivity index (χ1) is 9.06. The van der Waals surface area contributed by atoms with Crippen LogP contribution in [0.2, 0.25) is 0 Å². The van der Waals surface area contributed by atoms with E-state index in [0.717, 1.165) is 5.56 Å². The number of aromatic nitrogens is 1. The van der Waals surface area contributed by atoms with E-state index in [1.165, 1.54) is 24.4 Å². The maximum absolute atomic E-state index is 12.8. The van der Waals surface area contributed by atoms with Crippen molar-refractivity contribution >= 4 is 11.7 Å². The van der Waals surface area contributed by atoms with Gasteiger partial charge >= 0.3 is 5.97 Å². The molecule has 0 saturated heterocycles. The minimum atomic E-state index is -1.07. The minimum Gasteiger partial charge on any atom is -0.477 e. The summed E-state index contributed by atoms with van der Waals surface area (Å²) in [5.74, 6) is -1.36. The van der Waals surface area contributed by atoms with Crippen molar-refractivity contribution in [1.29, 1.82) is 0 Å². The van der Waals surface area contributed by atoms with Crippen molar-refractivity contribution in [1.82, 2.24) is 4.98 Å². The lowest BCUT2D eigenvalue weighted by atomic mass is 10.1. The Labute approximate surface area is 109 Å². The third kappa shape index (κ3) is 3.28. The van der Waals surface area contributed by atoms with E-state index in [9.17, 15) is 9.18 Å². The van der Waals surface area contributed by atoms with Crippen molar-refractivity contribution in [2.75, 3.05) is 5.32 Å². The molecule has 2 rings (SSSR count). The molecule has 4 nitrogen and oxygen atoms in total. The van der Waals surface area contributed by atoms with Crippen LogP contribution in [0.5, 0.6) is 0 Å². The molecule has 5 heteroatoms. The predicted octanol–water partition coefficient (Wildman–Crippen LogP) is 3.09. The van der Waals surface area contributed by atoms with Gasteiger partial charge in [0.15, 0.2) is 0 Å². The molecule has 0 spiro atoms. The number of rotatable bonds is 4. The second-order valence-electron chi connectivity index (χ2n) is 4.15. The second kappa shape index (κ2) is 5.48. The average Bonchev–Trinajstić information content (AvgIpc) is 2.39. The fraction of sp³-hybridized carbons (Fsp3) is 0.143. The standard InChI is InChI=1S/C14H13FN2O2/c1-9(10-2-4-11(15)5-3-10)17-12-6-7-16-13(8-12)14(18)19/h2-9H,1H3,(H,16,17)(H,18,19). The highest BCUT2D eigenvalue weighted by atomic mass is 19.1. The third-order valence-electron chi connectivity index (χ3n) is 2.73. The van der Waals surface area contributed by atoms with Crippen LogP contribution in [0.15, 0.2) is 42.6 Å². The van der Waals surface area contributed by atoms with E-state index in [-0.39, 0.29) is 17.6 Å². The highest BCUT2D eigenvalue weighted by molar-refractivity contribution is 5.86. The summed E-state index contributed by atoms with van der Waals surface area (Å²) in [7, 11) is 0. The molecule has 0 aliphatic rings. The summed E-state index contributed by atoms with van der Waals surface area (Å²) in [6.07, 6.45) is 1.43. The van der Waals surface area contributed by atoms with Gasteiger partial charge in [0.25, 0.3) is 0 Å². The molecule has 0 aliphatic carbocycles. The maximum Gasteiger partial charge on any atom is 0.354 e. The highest BCUT2D eigenvalue weighted by Gasteiger charge is 2.08. The molecule has 0 amide bonds. The van der Waals surface area contributed by atoms with Gasteiger partial charge < -0.3 is 10.4 Å². The Kier molecular flexibility index (Phi) is 3.75. The zero-order chi connectivity index (χ0) is 13.8. The lowest BCUT2D eigenvalue weighted by molar-refractivity contribution is 0.0690. The molecule has 0 fully saturated rings. The van der Waals surface area contributed by atoms with E-state index >= 15 is 0 Å². The lowest BCUT2D eigenvalue weighted by Gasteiger charge is -2.15. The van der Waals surface area contributed by atoms with E-state index in [1.54, 1.807) is 18.2 Å². The second-order valence-corrected chi connectivity index (χ2v) is 4.15. The Balaban J connectivity index is 2.14. The van der Waals surface area contributed by atoms with E-state index in [2.05, 4.69) is 10.3 Å². The van der Waals surface area contributed by atoms with E-state index in [4.69, 9.17) is 5.11 Å². The van der Waals surface area contributed by atoms with E-state index < -0.39 is 5.97 Å². The molecule has 1 heterocycles. The van der Waals surface area contributed by atoms with Crippen molar-refractivity contribution < 1.29 is 14.3 Å². The Morgan fingerprint density at radius 3 is 2.63 bits per heavy atom. The van der Waals surface area contributed by atoms with Gasteiger partial charge in [-0.2, -0.15) is 0 Å². The number of carboxylic acid groups (broad SMARTS) is 1. The van der Waals surface area contributed by atoms with E-state index in [1.807, 2.05) is 6.92 Å². The van der Waals surface area contributed by atoms with Gasteiger partial charge in [0, 0.05) is 17.9 Å². The van der Waals surface area contributed by atoms with Crippen LogP contribution >= 0.6 is 0 Å². The quantitative estimate of drug-likeness (QED) is 0.886. The van der Waals surface area contributed by atoms with Gasteiger partial charge in [-0.1, -0.05) is 12.1 Å². The predicted molar refractivity (Wildman–Crippen MR) is 69.6 cm³/mol. The lowest BCUT2D eigenvalue weighted by Crippen LogP contribution is -2.08. The summed E-state index contributed by atoms with van der Waals surface area (Å²) >= 11 is 0. The Morgan fingerprint density at radius 1 is 1.32 bits per heavy atom. The van der Waals surface area contributed by atoms with Crippen molar-refractivity contribution in [2.24, 2.45) is 0 Å². The average molecular weight is 260 g/mol. The Bertz CT molecular complexity index is 584. The summed E-state index contributed by atoms with van der Waals surface area (Å²) in [6.45, 7) is 1.91. The molecule has 1 unspecified atom stereocenters. The molecule has 19 heavy (non-hydrogen) atoms. The minimum absolute atomic E-state index is 0.0173. The van der Waals surface area contributed by atoms with Gasteiger partial charge in [0.2, 0.25) is 0 Å². The first kappa shape index (κ1) is 13.0. The van der Waals surface area contributed by atoms with Crippen LogP contribution in [-0.2, 0) is 0 Å². The number of anilines is 1. The topological polar surface area (TPSA) is 62.2 Å². The normalized spacial score (nSPS) is 11.9. The molecule has 1 atom stereocenters. The number of aromatic carboxylic acids is 1. The van der Waals surface area contributed by atoms with Crippen molar-refractivity contribution in [3.8, 4) is 0 Å². The Morgan fingerprint density at radius 2 is 2.00 bits per heavy atom. The van der Waals surface area contributed by atoms with Crippen LogP contribution in [-0.4, -0.2) is 16.1 Å². The molecule has 1 aromatic carbocycles. The summed E-state index contributed by atoms with van der Waals surface area (Å²) in [4.78, 5) is 14.6. The number of benzene rings is 1. The molecular formula is C14H13FN2O2. The van der Waals surface area contributed by atoms with Gasteiger partial charge in [-0.05, 0) is 36.8 Å². The number of carboxylic acids is 1. The van der Waals surface area contributed by atoms with Crippen molar-refractivity contribution in [3.63, 3.8) is 0 Å². The number of halogens is 1. The molecule has 2 N–H and O–H groups in total. The number of carbonyl (C=O) groups is 1. The number of nitrogens with zero attached hydrogens (tertiary/aromatic N) is 1. The van der Waals surface area contributed by atoms with Crippen LogP contribution in [0.4, 0.5) is 10.1 Å². The van der Waals surface area contributed by atoms with E-state index in [0.29, 0.717) is 5.69 Å². The van der Waals surface area contributed by atoms with Crippen LogP contribution in [0.3, 0.4) is 0 Å². The molecule has 98 valence electrons. The summed E-state index contributed by atoms with van der Waals surface area (Å²) < 4.78 is 12.8. The third-order valence-corrected chi connectivity index (χ3v) is 2.73. The summed E-state index contributed by atoms with van der Waals surface area (Å²) in [6, 6.07) is 9.24. The smallest absolute Gasteiger partial charge is 0.354 e. The maximum atomic E-state index is 12.8. The van der Waals surface area contributed by atoms with Crippen molar-refractivity contribution in [3.05, 3.63) is 59.7 Å².